The van der Waals surface area contributed by atoms with E-state index >= 15 is 0 Å². The van der Waals surface area contributed by atoms with Crippen LogP contribution in [-0.2, 0) is 0 Å². The molecule has 3 N–H and O–H groups in total. The number of anilines is 2. The van der Waals surface area contributed by atoms with E-state index in [1.54, 1.807) is 4.90 Å². The number of hydrogen-bond donors (Lipinski definition) is 3. The van der Waals surface area contributed by atoms with Gasteiger partial charge in [-0.3, -0.25) is 0 Å². The monoisotopic (exact) mass is 260 g/mol. The Kier molecular flexibility index (Phi) is 5.96. The van der Waals surface area contributed by atoms with E-state index < -0.39 is 0 Å². The molecule has 0 aliphatic heterocycles. The van der Waals surface area contributed by atoms with Gasteiger partial charge in [0.1, 0.15) is 5.02 Å². The number of aromatic nitrogens is 2. The molecule has 0 radical (unpaired) electrons. The van der Waals surface area contributed by atoms with E-state index in [4.69, 9.17) is 21.8 Å². The molecule has 1 heterocycles. The molecule has 6 nitrogen and oxygen atoms in total. The Labute approximate surface area is 105 Å². The van der Waals surface area contributed by atoms with Crippen molar-refractivity contribution >= 4 is 23.4 Å². The topological polar surface area (TPSA) is 81.5 Å². The lowest BCUT2D eigenvalue weighted by molar-refractivity contribution is 0.280. The fourth-order valence-corrected chi connectivity index (χ4v) is 1.60. The molecule has 17 heavy (non-hydrogen) atoms. The highest BCUT2D eigenvalue weighted by Crippen LogP contribution is 2.23. The van der Waals surface area contributed by atoms with Gasteiger partial charge >= 0.3 is 0 Å². The molecule has 7 heteroatoms. The highest BCUT2D eigenvalue weighted by atomic mass is 35.5. The van der Waals surface area contributed by atoms with Crippen molar-refractivity contribution in [2.24, 2.45) is 0 Å². The zero-order chi connectivity index (χ0) is 12.7. The second-order valence-electron chi connectivity index (χ2n) is 3.33. The summed E-state index contributed by atoms with van der Waals surface area (Å²) in [6, 6.07) is 0. The summed E-state index contributed by atoms with van der Waals surface area (Å²) in [6.07, 6.45) is 1.50. The van der Waals surface area contributed by atoms with Crippen molar-refractivity contribution in [3.05, 3.63) is 11.2 Å². The van der Waals surface area contributed by atoms with Crippen LogP contribution in [0.15, 0.2) is 6.20 Å². The van der Waals surface area contributed by atoms with Crippen molar-refractivity contribution in [2.45, 2.75) is 6.92 Å². The van der Waals surface area contributed by atoms with E-state index in [2.05, 4.69) is 15.3 Å². The van der Waals surface area contributed by atoms with Crippen LogP contribution in [0.1, 0.15) is 6.92 Å². The van der Waals surface area contributed by atoms with Gasteiger partial charge in [0.25, 0.3) is 0 Å². The molecular formula is C10H17ClN4O2. The summed E-state index contributed by atoms with van der Waals surface area (Å²) in [5.74, 6) is 0.994. The van der Waals surface area contributed by atoms with Gasteiger partial charge < -0.3 is 20.4 Å². The molecule has 0 fully saturated rings. The summed E-state index contributed by atoms with van der Waals surface area (Å²) in [5, 5.41) is 21.3. The van der Waals surface area contributed by atoms with Crippen molar-refractivity contribution in [2.75, 3.05) is 43.1 Å². The van der Waals surface area contributed by atoms with Crippen LogP contribution in [0.4, 0.5) is 11.8 Å². The van der Waals surface area contributed by atoms with Crippen LogP contribution >= 0.6 is 11.6 Å². The molecule has 1 rings (SSSR count). The zero-order valence-electron chi connectivity index (χ0n) is 9.73. The van der Waals surface area contributed by atoms with Crippen LogP contribution in [-0.4, -0.2) is 53.0 Å². The third-order valence-corrected chi connectivity index (χ3v) is 2.37. The Balaban J connectivity index is 2.94. The van der Waals surface area contributed by atoms with Gasteiger partial charge in [-0.15, -0.1) is 0 Å². The lowest BCUT2D eigenvalue weighted by Gasteiger charge is -2.22. The fraction of sp³-hybridized carbons (Fsp3) is 0.600. The molecule has 0 saturated heterocycles. The molecule has 0 spiro atoms. The molecular weight excluding hydrogens is 244 g/mol. The Morgan fingerprint density at radius 3 is 2.53 bits per heavy atom. The van der Waals surface area contributed by atoms with Crippen LogP contribution in [0.2, 0.25) is 5.02 Å². The number of aliphatic hydroxyl groups excluding tert-OH is 2. The molecule has 1 aromatic rings. The first-order valence-electron chi connectivity index (χ1n) is 5.46. The fourth-order valence-electron chi connectivity index (χ4n) is 1.39. The highest BCUT2D eigenvalue weighted by molar-refractivity contribution is 6.32. The largest absolute Gasteiger partial charge is 0.395 e. The second kappa shape index (κ2) is 7.26. The van der Waals surface area contributed by atoms with Crippen molar-refractivity contribution in [1.29, 1.82) is 0 Å². The van der Waals surface area contributed by atoms with Crippen LogP contribution < -0.4 is 10.2 Å². The molecule has 0 atom stereocenters. The number of nitrogens with one attached hydrogen (secondary N) is 1. The summed E-state index contributed by atoms with van der Waals surface area (Å²) in [7, 11) is 0. The van der Waals surface area contributed by atoms with Gasteiger partial charge in [-0.2, -0.15) is 4.98 Å². The van der Waals surface area contributed by atoms with Crippen molar-refractivity contribution in [3.8, 4) is 0 Å². The smallest absolute Gasteiger partial charge is 0.224 e. The van der Waals surface area contributed by atoms with Crippen molar-refractivity contribution in [3.63, 3.8) is 0 Å². The minimum Gasteiger partial charge on any atom is -0.395 e. The van der Waals surface area contributed by atoms with E-state index in [0.717, 1.165) is 0 Å². The minimum absolute atomic E-state index is 0.0309. The number of nitrogens with zero attached hydrogens (tertiary/aromatic N) is 3. The first-order chi connectivity index (χ1) is 8.22. The number of rotatable bonds is 7. The predicted molar refractivity (Wildman–Crippen MR) is 67.6 cm³/mol. The molecule has 1 aromatic heterocycles. The molecule has 0 amide bonds. The summed E-state index contributed by atoms with van der Waals surface area (Å²) in [5.41, 5.74) is 0. The maximum absolute atomic E-state index is 8.96. The van der Waals surface area contributed by atoms with E-state index in [1.165, 1.54) is 6.20 Å². The minimum atomic E-state index is -0.0309. The first-order valence-corrected chi connectivity index (χ1v) is 5.83. The average molecular weight is 261 g/mol. The number of halogens is 1. The van der Waals surface area contributed by atoms with Gasteiger partial charge in [0.05, 0.1) is 19.4 Å². The van der Waals surface area contributed by atoms with Crippen LogP contribution in [0.3, 0.4) is 0 Å². The number of hydrogen-bond acceptors (Lipinski definition) is 6. The van der Waals surface area contributed by atoms with E-state index in [1.807, 2.05) is 6.92 Å². The summed E-state index contributed by atoms with van der Waals surface area (Å²) < 4.78 is 0. The third kappa shape index (κ3) is 3.99. The van der Waals surface area contributed by atoms with Crippen molar-refractivity contribution < 1.29 is 10.2 Å². The van der Waals surface area contributed by atoms with Crippen LogP contribution in [0.25, 0.3) is 0 Å². The molecule has 0 aliphatic rings. The summed E-state index contributed by atoms with van der Waals surface area (Å²) >= 11 is 6.00. The van der Waals surface area contributed by atoms with Crippen LogP contribution in [0.5, 0.6) is 0 Å². The maximum Gasteiger partial charge on any atom is 0.224 e. The lowest BCUT2D eigenvalue weighted by Crippen LogP contribution is -2.31. The molecule has 0 unspecified atom stereocenters. The van der Waals surface area contributed by atoms with Gasteiger partial charge in [-0.05, 0) is 6.92 Å². The molecule has 0 aromatic carbocycles. The Morgan fingerprint density at radius 2 is 2.00 bits per heavy atom. The lowest BCUT2D eigenvalue weighted by atomic mass is 10.4. The maximum atomic E-state index is 8.96. The van der Waals surface area contributed by atoms with Gasteiger partial charge in [0.15, 0.2) is 5.82 Å². The van der Waals surface area contributed by atoms with E-state index in [0.29, 0.717) is 36.4 Å². The van der Waals surface area contributed by atoms with Gasteiger partial charge in [-0.1, -0.05) is 11.6 Å². The standard InChI is InChI=1S/C10H17ClN4O2/c1-2-12-10-13-7-8(11)9(14-10)15(3-5-16)4-6-17/h7,16-17H,2-6H2,1H3,(H,12,13,14). The number of aliphatic hydroxyl groups is 2. The van der Waals surface area contributed by atoms with Crippen LogP contribution in [0, 0.1) is 0 Å². The second-order valence-corrected chi connectivity index (χ2v) is 3.74. The summed E-state index contributed by atoms with van der Waals surface area (Å²) in [4.78, 5) is 9.99. The molecule has 96 valence electrons. The Bertz CT molecular complexity index is 345. The average Bonchev–Trinajstić information content (AvgIpc) is 2.32. The molecule has 0 bridgehead atoms. The normalized spacial score (nSPS) is 10.4. The third-order valence-electron chi connectivity index (χ3n) is 2.10. The molecule has 0 aliphatic carbocycles. The highest BCUT2D eigenvalue weighted by Gasteiger charge is 2.12. The van der Waals surface area contributed by atoms with E-state index in [-0.39, 0.29) is 13.2 Å². The van der Waals surface area contributed by atoms with Crippen molar-refractivity contribution in [1.82, 2.24) is 9.97 Å². The van der Waals surface area contributed by atoms with Gasteiger partial charge in [0.2, 0.25) is 5.95 Å². The first kappa shape index (κ1) is 14.0. The molecule has 0 saturated carbocycles. The Hall–Kier alpha value is -1.11. The predicted octanol–water partition coefficient (Wildman–Crippen LogP) is 0.353. The van der Waals surface area contributed by atoms with Gasteiger partial charge in [0, 0.05) is 19.6 Å². The zero-order valence-corrected chi connectivity index (χ0v) is 10.5. The SMILES string of the molecule is CCNc1ncc(Cl)c(N(CCO)CCO)n1. The van der Waals surface area contributed by atoms with Gasteiger partial charge in [-0.25, -0.2) is 4.98 Å². The Morgan fingerprint density at radius 1 is 1.35 bits per heavy atom. The summed E-state index contributed by atoms with van der Waals surface area (Å²) in [6.45, 7) is 3.32. The van der Waals surface area contributed by atoms with E-state index in [9.17, 15) is 0 Å². The quantitative estimate of drug-likeness (QED) is 0.657.